The molecule has 0 unspecified atom stereocenters. The molecule has 0 atom stereocenters. The summed E-state index contributed by atoms with van der Waals surface area (Å²) in [5.74, 6) is -0.503. The largest absolute Gasteiger partial charge is 0.460 e. The molecule has 0 aliphatic carbocycles. The average molecular weight is 547 g/mol. The van der Waals surface area contributed by atoms with Crippen LogP contribution in [0.25, 0.3) is 11.0 Å². The minimum absolute atomic E-state index is 0.0746. The molecule has 7 nitrogen and oxygen atoms in total. The molecule has 0 saturated heterocycles. The van der Waals surface area contributed by atoms with Crippen LogP contribution in [-0.4, -0.2) is 27.5 Å². The topological polar surface area (TPSA) is 88.8 Å². The Hall–Kier alpha value is -2.85. The van der Waals surface area contributed by atoms with Gasteiger partial charge in [0.1, 0.15) is 5.58 Å². The predicted molar refractivity (Wildman–Crippen MR) is 143 cm³/mol. The second kappa shape index (κ2) is 11.0. The van der Waals surface area contributed by atoms with Crippen LogP contribution in [0.15, 0.2) is 63.2 Å². The van der Waals surface area contributed by atoms with Crippen LogP contribution in [0.2, 0.25) is 5.02 Å². The maximum Gasteiger partial charge on any atom is 0.374 e. The van der Waals surface area contributed by atoms with Crippen molar-refractivity contribution >= 4 is 55.6 Å². The van der Waals surface area contributed by atoms with Gasteiger partial charge in [-0.05, 0) is 74.2 Å². The van der Waals surface area contributed by atoms with Crippen molar-refractivity contribution in [3.8, 4) is 0 Å². The third-order valence-electron chi connectivity index (χ3n) is 5.75. The molecule has 0 bridgehead atoms. The van der Waals surface area contributed by atoms with E-state index in [1.807, 2.05) is 17.5 Å². The molecule has 0 aliphatic heterocycles. The Balaban J connectivity index is 1.68. The normalized spacial score (nSPS) is 11.7. The summed E-state index contributed by atoms with van der Waals surface area (Å²) in [7, 11) is -3.93. The van der Waals surface area contributed by atoms with Gasteiger partial charge in [0, 0.05) is 40.5 Å². The molecule has 2 aromatic heterocycles. The first-order valence-corrected chi connectivity index (χ1v) is 14.2. The van der Waals surface area contributed by atoms with Crippen LogP contribution in [0.3, 0.4) is 0 Å². The van der Waals surface area contributed by atoms with Crippen molar-refractivity contribution in [3.63, 3.8) is 0 Å². The van der Waals surface area contributed by atoms with Gasteiger partial charge in [0.05, 0.1) is 17.2 Å². The van der Waals surface area contributed by atoms with Gasteiger partial charge in [-0.15, -0.1) is 11.3 Å². The maximum atomic E-state index is 13.8. The fourth-order valence-electron chi connectivity index (χ4n) is 4.02. The summed E-state index contributed by atoms with van der Waals surface area (Å²) < 4.78 is 39.7. The van der Waals surface area contributed by atoms with E-state index in [0.717, 1.165) is 5.56 Å². The minimum Gasteiger partial charge on any atom is -0.460 e. The van der Waals surface area contributed by atoms with Crippen LogP contribution in [0.4, 0.5) is 5.69 Å². The summed E-state index contributed by atoms with van der Waals surface area (Å²) in [6.07, 6.45) is 0. The standard InChI is InChI=1S/C26H27ClN2O5S2/c1-4-29(23-10-8-19(27)13-18(23)15-28-16-20-7-6-12-35-20)36(31,32)21-9-11-24-22(14-21)17(3)25(34-24)26(30)33-5-2/h6-14,28H,4-5,15-16H2,1-3H3. The van der Waals surface area contributed by atoms with Gasteiger partial charge in [0.15, 0.2) is 0 Å². The average Bonchev–Trinajstić information content (AvgIpc) is 3.48. The fraction of sp³-hybridized carbons (Fsp3) is 0.269. The molecule has 190 valence electrons. The van der Waals surface area contributed by atoms with E-state index in [9.17, 15) is 13.2 Å². The molecule has 2 aromatic carbocycles. The molecule has 0 fully saturated rings. The van der Waals surface area contributed by atoms with Crippen molar-refractivity contribution in [2.24, 2.45) is 0 Å². The highest BCUT2D eigenvalue weighted by molar-refractivity contribution is 7.92. The van der Waals surface area contributed by atoms with Crippen LogP contribution in [0.1, 0.15) is 40.4 Å². The number of sulfonamides is 1. The third-order valence-corrected chi connectivity index (χ3v) is 8.75. The van der Waals surface area contributed by atoms with Gasteiger partial charge >= 0.3 is 5.97 Å². The van der Waals surface area contributed by atoms with E-state index in [0.29, 0.717) is 40.3 Å². The Morgan fingerprint density at radius 2 is 1.94 bits per heavy atom. The molecular formula is C26H27ClN2O5S2. The molecule has 0 aliphatic rings. The number of nitrogens with zero attached hydrogens (tertiary/aromatic N) is 1. The third kappa shape index (κ3) is 5.29. The highest BCUT2D eigenvalue weighted by Gasteiger charge is 2.27. The summed E-state index contributed by atoms with van der Waals surface area (Å²) in [5.41, 5.74) is 2.28. The maximum absolute atomic E-state index is 13.8. The highest BCUT2D eigenvalue weighted by atomic mass is 35.5. The molecule has 4 aromatic rings. The van der Waals surface area contributed by atoms with Crippen LogP contribution in [-0.2, 0) is 27.8 Å². The van der Waals surface area contributed by atoms with Crippen LogP contribution < -0.4 is 9.62 Å². The summed E-state index contributed by atoms with van der Waals surface area (Å²) in [4.78, 5) is 13.5. The lowest BCUT2D eigenvalue weighted by Crippen LogP contribution is -2.32. The molecular weight excluding hydrogens is 520 g/mol. The van der Waals surface area contributed by atoms with Crippen molar-refractivity contribution in [2.45, 2.75) is 38.8 Å². The van der Waals surface area contributed by atoms with E-state index in [-0.39, 0.29) is 23.8 Å². The zero-order chi connectivity index (χ0) is 25.9. The van der Waals surface area contributed by atoms with Crippen LogP contribution >= 0.6 is 22.9 Å². The lowest BCUT2D eigenvalue weighted by atomic mass is 10.1. The molecule has 0 amide bonds. The Morgan fingerprint density at radius 3 is 2.64 bits per heavy atom. The number of carbonyl (C=O) groups is 1. The fourth-order valence-corrected chi connectivity index (χ4v) is 6.43. The van der Waals surface area contributed by atoms with E-state index in [1.54, 1.807) is 62.4 Å². The lowest BCUT2D eigenvalue weighted by molar-refractivity contribution is 0.0491. The van der Waals surface area contributed by atoms with Crippen LogP contribution in [0.5, 0.6) is 0 Å². The SMILES string of the molecule is CCOC(=O)c1oc2ccc(S(=O)(=O)N(CC)c3ccc(Cl)cc3CNCc3cccs3)cc2c1C. The van der Waals surface area contributed by atoms with Gasteiger partial charge < -0.3 is 14.5 Å². The van der Waals surface area contributed by atoms with Gasteiger partial charge in [-0.2, -0.15) is 0 Å². The van der Waals surface area contributed by atoms with Crippen molar-refractivity contribution in [1.82, 2.24) is 5.32 Å². The van der Waals surface area contributed by atoms with Gasteiger partial charge in [0.2, 0.25) is 5.76 Å². The first-order chi connectivity index (χ1) is 17.3. The number of carbonyl (C=O) groups excluding carboxylic acids is 1. The van der Waals surface area contributed by atoms with Gasteiger partial charge in [-0.1, -0.05) is 17.7 Å². The lowest BCUT2D eigenvalue weighted by Gasteiger charge is -2.26. The Morgan fingerprint density at radius 1 is 1.14 bits per heavy atom. The zero-order valence-electron chi connectivity index (χ0n) is 20.2. The predicted octanol–water partition coefficient (Wildman–Crippen LogP) is 6.14. The molecule has 0 spiro atoms. The molecule has 4 rings (SSSR count). The van der Waals surface area contributed by atoms with E-state index >= 15 is 0 Å². The number of furan rings is 1. The number of ether oxygens (including phenoxy) is 1. The number of anilines is 1. The number of benzene rings is 2. The van der Waals surface area contributed by atoms with Crippen molar-refractivity contribution in [1.29, 1.82) is 0 Å². The summed E-state index contributed by atoms with van der Waals surface area (Å²) in [5, 5.41) is 6.46. The first kappa shape index (κ1) is 26.2. The number of hydrogen-bond acceptors (Lipinski definition) is 7. The first-order valence-electron chi connectivity index (χ1n) is 11.5. The number of thiophene rings is 1. The van der Waals surface area contributed by atoms with Crippen molar-refractivity contribution < 1.29 is 22.4 Å². The Bertz CT molecular complexity index is 1480. The van der Waals surface area contributed by atoms with Gasteiger partial charge in [-0.3, -0.25) is 4.31 Å². The van der Waals surface area contributed by atoms with Gasteiger partial charge in [-0.25, -0.2) is 13.2 Å². The van der Waals surface area contributed by atoms with Crippen molar-refractivity contribution in [3.05, 3.63) is 80.7 Å². The van der Waals surface area contributed by atoms with E-state index in [1.165, 1.54) is 15.2 Å². The Kier molecular flexibility index (Phi) is 8.04. The van der Waals surface area contributed by atoms with E-state index < -0.39 is 16.0 Å². The number of nitrogens with one attached hydrogen (secondary N) is 1. The second-order valence-electron chi connectivity index (χ2n) is 8.06. The number of hydrogen-bond donors (Lipinski definition) is 1. The van der Waals surface area contributed by atoms with E-state index in [4.69, 9.17) is 20.8 Å². The summed E-state index contributed by atoms with van der Waals surface area (Å²) >= 11 is 7.92. The molecule has 36 heavy (non-hydrogen) atoms. The van der Waals surface area contributed by atoms with Gasteiger partial charge in [0.25, 0.3) is 10.0 Å². The summed E-state index contributed by atoms with van der Waals surface area (Å²) in [6.45, 7) is 6.76. The number of aryl methyl sites for hydroxylation is 1. The number of rotatable bonds is 10. The van der Waals surface area contributed by atoms with Crippen molar-refractivity contribution in [2.75, 3.05) is 17.5 Å². The minimum atomic E-state index is -3.93. The zero-order valence-corrected chi connectivity index (χ0v) is 22.6. The molecule has 0 saturated carbocycles. The monoisotopic (exact) mass is 546 g/mol. The summed E-state index contributed by atoms with van der Waals surface area (Å²) in [6, 6.07) is 13.8. The highest BCUT2D eigenvalue weighted by Crippen LogP contribution is 2.33. The Labute approximate surface area is 219 Å². The quantitative estimate of drug-likeness (QED) is 0.240. The molecule has 1 N–H and O–H groups in total. The number of halogens is 1. The molecule has 0 radical (unpaired) electrons. The van der Waals surface area contributed by atoms with Crippen LogP contribution in [0, 0.1) is 6.92 Å². The number of esters is 1. The molecule has 2 heterocycles. The van der Waals surface area contributed by atoms with E-state index in [2.05, 4.69) is 5.32 Å². The smallest absolute Gasteiger partial charge is 0.374 e. The second-order valence-corrected chi connectivity index (χ2v) is 11.4. The molecule has 10 heteroatoms. The number of fused-ring (bicyclic) bond motifs is 1.